The van der Waals surface area contributed by atoms with E-state index in [9.17, 15) is 0 Å². The predicted molar refractivity (Wildman–Crippen MR) is 39.2 cm³/mol. The van der Waals surface area contributed by atoms with Gasteiger partial charge in [0.2, 0.25) is 8.53 Å². The third-order valence-corrected chi connectivity index (χ3v) is 0.846. The third kappa shape index (κ3) is 11.1. The summed E-state index contributed by atoms with van der Waals surface area (Å²) in [6, 6.07) is 0. The smallest absolute Gasteiger partial charge is 0.247 e. The molecule has 1 aliphatic rings. The molecule has 5 N–H and O–H groups in total. The Morgan fingerprint density at radius 3 is 1.80 bits per heavy atom. The summed E-state index contributed by atoms with van der Waals surface area (Å²) in [6.07, 6.45) is 0. The van der Waals surface area contributed by atoms with Gasteiger partial charge in [-0.15, -0.1) is 0 Å². The average Bonchev–Trinajstić information content (AvgIpc) is 1.90. The fraction of sp³-hybridized carbons (Fsp3) is 1.00. The molecule has 1 rings (SSSR count). The van der Waals surface area contributed by atoms with Crippen molar-refractivity contribution in [3.05, 3.63) is 0 Å². The average molecular weight is 168 g/mol. The maximum absolute atomic E-state index is 7.45. The molecule has 10 heavy (non-hydrogen) atoms. The van der Waals surface area contributed by atoms with Crippen molar-refractivity contribution < 1.29 is 14.5 Å². The standard InChI is InChI=1S/C4H9NO.H4NO2P/c1-3-6-4-2-5-1;1-4(2)3/h5H,1-4H2;2-3H,1H2. The first kappa shape index (κ1) is 10.2. The Bertz CT molecular complexity index is 55.3. The van der Waals surface area contributed by atoms with Crippen LogP contribution in [0, 0.1) is 0 Å². The van der Waals surface area contributed by atoms with E-state index in [4.69, 9.17) is 14.5 Å². The summed E-state index contributed by atoms with van der Waals surface area (Å²) in [5.41, 5.74) is 4.29. The highest BCUT2D eigenvalue weighted by atomic mass is 31.2. The summed E-state index contributed by atoms with van der Waals surface area (Å²) in [5.74, 6) is 0. The van der Waals surface area contributed by atoms with E-state index in [2.05, 4.69) is 10.8 Å². The van der Waals surface area contributed by atoms with Crippen LogP contribution in [0.1, 0.15) is 0 Å². The summed E-state index contributed by atoms with van der Waals surface area (Å²) < 4.78 is 5.01. The lowest BCUT2D eigenvalue weighted by Gasteiger charge is -2.10. The van der Waals surface area contributed by atoms with E-state index in [0.717, 1.165) is 26.3 Å². The Kier molecular flexibility index (Phi) is 7.51. The SMILES string of the molecule is C1COCCN1.NP(O)O. The van der Waals surface area contributed by atoms with Crippen molar-refractivity contribution in [1.29, 1.82) is 0 Å². The molecule has 0 amide bonds. The first-order valence-corrected chi connectivity index (χ1v) is 4.26. The maximum atomic E-state index is 7.45. The monoisotopic (exact) mass is 168 g/mol. The van der Waals surface area contributed by atoms with Crippen LogP contribution >= 0.6 is 8.53 Å². The van der Waals surface area contributed by atoms with Crippen LogP contribution in [0.15, 0.2) is 0 Å². The lowest BCUT2D eigenvalue weighted by atomic mass is 10.5. The summed E-state index contributed by atoms with van der Waals surface area (Å²) in [7, 11) is -2.12. The van der Waals surface area contributed by atoms with Gasteiger partial charge in [0.05, 0.1) is 13.2 Å². The van der Waals surface area contributed by atoms with Gasteiger partial charge in [-0.05, 0) is 0 Å². The summed E-state index contributed by atoms with van der Waals surface area (Å²) in [4.78, 5) is 14.9. The van der Waals surface area contributed by atoms with Gasteiger partial charge in [-0.3, -0.25) is 5.50 Å². The van der Waals surface area contributed by atoms with E-state index in [1.54, 1.807) is 0 Å². The van der Waals surface area contributed by atoms with Crippen LogP contribution in [0.5, 0.6) is 0 Å². The van der Waals surface area contributed by atoms with Gasteiger partial charge in [0.25, 0.3) is 0 Å². The molecule has 5 nitrogen and oxygen atoms in total. The topological polar surface area (TPSA) is 87.7 Å². The molecule has 0 saturated carbocycles. The number of rotatable bonds is 0. The molecule has 62 valence electrons. The zero-order valence-corrected chi connectivity index (χ0v) is 6.55. The Labute approximate surface area is 61.2 Å². The fourth-order valence-electron chi connectivity index (χ4n) is 0.516. The zero-order valence-electron chi connectivity index (χ0n) is 5.66. The van der Waals surface area contributed by atoms with Crippen LogP contribution in [0.2, 0.25) is 0 Å². The number of nitrogens with two attached hydrogens (primary N) is 1. The molecular formula is C4H13N2O3P. The molecule has 0 atom stereocenters. The van der Waals surface area contributed by atoms with E-state index >= 15 is 0 Å². The van der Waals surface area contributed by atoms with Gasteiger partial charge < -0.3 is 19.8 Å². The largest absolute Gasteiger partial charge is 0.379 e. The number of nitrogens with one attached hydrogen (secondary N) is 1. The number of morpholine rings is 1. The van der Waals surface area contributed by atoms with Crippen LogP contribution in [-0.4, -0.2) is 36.1 Å². The lowest BCUT2D eigenvalue weighted by Crippen LogP contribution is -2.30. The molecule has 1 heterocycles. The molecule has 0 spiro atoms. The van der Waals surface area contributed by atoms with Crippen molar-refractivity contribution in [2.24, 2.45) is 5.50 Å². The van der Waals surface area contributed by atoms with E-state index in [0.29, 0.717) is 0 Å². The second kappa shape index (κ2) is 7.34. The highest BCUT2D eigenvalue weighted by Crippen LogP contribution is 2.05. The molecular weight excluding hydrogens is 155 g/mol. The van der Waals surface area contributed by atoms with E-state index < -0.39 is 8.53 Å². The van der Waals surface area contributed by atoms with E-state index in [-0.39, 0.29) is 0 Å². The van der Waals surface area contributed by atoms with Gasteiger partial charge in [-0.25, -0.2) is 0 Å². The highest BCUT2D eigenvalue weighted by molar-refractivity contribution is 7.42. The fourth-order valence-corrected chi connectivity index (χ4v) is 0.516. The third-order valence-electron chi connectivity index (χ3n) is 0.846. The first-order chi connectivity index (χ1) is 4.73. The van der Waals surface area contributed by atoms with Gasteiger partial charge in [-0.1, -0.05) is 0 Å². The second-order valence-corrected chi connectivity index (χ2v) is 2.32. The summed E-state index contributed by atoms with van der Waals surface area (Å²) in [6.45, 7) is 3.83. The Morgan fingerprint density at radius 2 is 1.70 bits per heavy atom. The van der Waals surface area contributed by atoms with Crippen molar-refractivity contribution in [1.82, 2.24) is 5.32 Å². The zero-order chi connectivity index (χ0) is 7.82. The molecule has 1 aliphatic heterocycles. The maximum Gasteiger partial charge on any atom is 0.247 e. The van der Waals surface area contributed by atoms with Gasteiger partial charge in [-0.2, -0.15) is 0 Å². The van der Waals surface area contributed by atoms with Crippen LogP contribution in [-0.2, 0) is 4.74 Å². The van der Waals surface area contributed by atoms with Crippen LogP contribution < -0.4 is 10.8 Å². The number of hydrogen-bond donors (Lipinski definition) is 4. The molecule has 6 heteroatoms. The predicted octanol–water partition coefficient (Wildman–Crippen LogP) is -1.24. The molecule has 1 saturated heterocycles. The van der Waals surface area contributed by atoms with Gasteiger partial charge in [0.15, 0.2) is 0 Å². The van der Waals surface area contributed by atoms with Gasteiger partial charge in [0, 0.05) is 13.1 Å². The normalized spacial score (nSPS) is 18.0. The van der Waals surface area contributed by atoms with Crippen molar-refractivity contribution >= 4 is 8.53 Å². The molecule has 0 aliphatic carbocycles. The van der Waals surface area contributed by atoms with Gasteiger partial charge in [0.1, 0.15) is 0 Å². The van der Waals surface area contributed by atoms with Crippen molar-refractivity contribution in [3.63, 3.8) is 0 Å². The molecule has 0 aromatic carbocycles. The number of ether oxygens (including phenoxy) is 1. The Morgan fingerprint density at radius 1 is 1.30 bits per heavy atom. The molecule has 0 aromatic heterocycles. The van der Waals surface area contributed by atoms with E-state index in [1.165, 1.54) is 0 Å². The lowest BCUT2D eigenvalue weighted by molar-refractivity contribution is 0.109. The minimum Gasteiger partial charge on any atom is -0.379 e. The van der Waals surface area contributed by atoms with Crippen LogP contribution in [0.3, 0.4) is 0 Å². The molecule has 0 bridgehead atoms. The first-order valence-electron chi connectivity index (χ1n) is 2.94. The summed E-state index contributed by atoms with van der Waals surface area (Å²) >= 11 is 0. The van der Waals surface area contributed by atoms with E-state index in [1.807, 2.05) is 0 Å². The minimum absolute atomic E-state index is 0.889. The molecule has 0 unspecified atom stereocenters. The number of hydrogen-bond acceptors (Lipinski definition) is 5. The summed E-state index contributed by atoms with van der Waals surface area (Å²) in [5, 5.41) is 3.16. The van der Waals surface area contributed by atoms with Crippen molar-refractivity contribution in [3.8, 4) is 0 Å². The van der Waals surface area contributed by atoms with Gasteiger partial charge >= 0.3 is 0 Å². The van der Waals surface area contributed by atoms with Crippen molar-refractivity contribution in [2.45, 2.75) is 0 Å². The Hall–Kier alpha value is 0.230. The minimum atomic E-state index is -2.12. The highest BCUT2D eigenvalue weighted by Gasteiger charge is 1.92. The van der Waals surface area contributed by atoms with Crippen LogP contribution in [0.25, 0.3) is 0 Å². The quantitative estimate of drug-likeness (QED) is 0.340. The Balaban J connectivity index is 0.000000180. The van der Waals surface area contributed by atoms with Crippen molar-refractivity contribution in [2.75, 3.05) is 26.3 Å². The molecule has 0 radical (unpaired) electrons. The molecule has 0 aromatic rings. The molecule has 1 fully saturated rings. The van der Waals surface area contributed by atoms with Crippen LogP contribution in [0.4, 0.5) is 0 Å². The second-order valence-electron chi connectivity index (χ2n) is 1.68.